The Bertz CT molecular complexity index is 1430. The van der Waals surface area contributed by atoms with Crippen molar-refractivity contribution in [1.82, 2.24) is 5.32 Å². The van der Waals surface area contributed by atoms with Crippen LogP contribution in [0, 0.1) is 0 Å². The quantitative estimate of drug-likeness (QED) is 0.0212. The van der Waals surface area contributed by atoms with Gasteiger partial charge in [0.25, 0.3) is 7.82 Å². The molecule has 0 aromatic carbocycles. The standard InChI is InChI=1S/C60H109N2O7P/c1-7-10-13-16-19-22-25-28-29-30-31-32-33-35-37-40-43-46-49-52-59(63)61-57(56-68-70(65,66)67-55-54-62(4,5)6)58(51-48-45-42-39-36-27-24-21-18-15-12-9-3)69-60(64)53-50-47-44-41-38-34-26-23-20-17-14-11-8-2/h19,22,28-29,31-32,34,38,44,47-48,51,57-58H,7-18,20-21,23-27,30,33,35-37,39-43,45-46,49-50,52-56H2,1-6H3,(H-,61,63,65,66)/b22-19-,29-28-,32-31-,38-34-,47-44+,51-48-. The molecule has 0 saturated carbocycles. The van der Waals surface area contributed by atoms with E-state index >= 15 is 0 Å². The maximum absolute atomic E-state index is 13.5. The van der Waals surface area contributed by atoms with E-state index in [-0.39, 0.29) is 25.4 Å². The fraction of sp³-hybridized carbons (Fsp3) is 0.767. The minimum absolute atomic E-state index is 0.0349. The second-order valence-electron chi connectivity index (χ2n) is 20.4. The lowest BCUT2D eigenvalue weighted by molar-refractivity contribution is -0.870. The summed E-state index contributed by atoms with van der Waals surface area (Å²) < 4.78 is 30.1. The summed E-state index contributed by atoms with van der Waals surface area (Å²) >= 11 is 0. The van der Waals surface area contributed by atoms with Gasteiger partial charge in [0.1, 0.15) is 19.3 Å². The minimum atomic E-state index is -4.71. The Hall–Kier alpha value is -2.55. The van der Waals surface area contributed by atoms with Crippen molar-refractivity contribution in [2.24, 2.45) is 0 Å². The average molecular weight is 1000 g/mol. The summed E-state index contributed by atoms with van der Waals surface area (Å²) in [6, 6.07) is -0.919. The van der Waals surface area contributed by atoms with Crippen LogP contribution in [0.25, 0.3) is 0 Å². The van der Waals surface area contributed by atoms with E-state index in [1.807, 2.05) is 33.3 Å². The zero-order valence-electron chi connectivity index (χ0n) is 46.2. The molecule has 0 saturated heterocycles. The van der Waals surface area contributed by atoms with Crippen molar-refractivity contribution in [1.29, 1.82) is 0 Å². The monoisotopic (exact) mass is 1000 g/mol. The van der Waals surface area contributed by atoms with Crippen molar-refractivity contribution in [3.05, 3.63) is 72.9 Å². The summed E-state index contributed by atoms with van der Waals surface area (Å²) in [7, 11) is 1.14. The molecule has 0 radical (unpaired) electrons. The van der Waals surface area contributed by atoms with Crippen molar-refractivity contribution >= 4 is 19.7 Å². The summed E-state index contributed by atoms with van der Waals surface area (Å²) in [5.41, 5.74) is 0. The van der Waals surface area contributed by atoms with Crippen LogP contribution in [0.3, 0.4) is 0 Å². The Balaban J connectivity index is 5.41. The maximum atomic E-state index is 13.5. The van der Waals surface area contributed by atoms with Crippen LogP contribution in [0.5, 0.6) is 0 Å². The van der Waals surface area contributed by atoms with Crippen molar-refractivity contribution < 1.29 is 37.3 Å². The fourth-order valence-corrected chi connectivity index (χ4v) is 8.60. The molecule has 10 heteroatoms. The van der Waals surface area contributed by atoms with Gasteiger partial charge in [-0.3, -0.25) is 14.2 Å². The predicted molar refractivity (Wildman–Crippen MR) is 298 cm³/mol. The molecule has 0 aromatic rings. The topological polar surface area (TPSA) is 114 Å². The Morgan fingerprint density at radius 2 is 0.886 bits per heavy atom. The summed E-state index contributed by atoms with van der Waals surface area (Å²) in [5.74, 6) is -0.636. The summed E-state index contributed by atoms with van der Waals surface area (Å²) in [6.45, 7) is 6.75. The van der Waals surface area contributed by atoms with Gasteiger partial charge < -0.3 is 28.5 Å². The number of phosphoric acid groups is 1. The normalized spacial score (nSPS) is 14.3. The number of hydrogen-bond donors (Lipinski definition) is 1. The number of amides is 1. The van der Waals surface area contributed by atoms with Crippen molar-refractivity contribution in [2.75, 3.05) is 40.9 Å². The van der Waals surface area contributed by atoms with Gasteiger partial charge in [-0.25, -0.2) is 0 Å². The average Bonchev–Trinajstić information content (AvgIpc) is 3.32. The number of rotatable bonds is 51. The van der Waals surface area contributed by atoms with Gasteiger partial charge in [-0.1, -0.05) is 216 Å². The smallest absolute Gasteiger partial charge is 0.306 e. The maximum Gasteiger partial charge on any atom is 0.306 e. The van der Waals surface area contributed by atoms with Crippen molar-refractivity contribution in [3.8, 4) is 0 Å². The molecule has 0 bridgehead atoms. The third-order valence-corrected chi connectivity index (χ3v) is 13.3. The first-order chi connectivity index (χ1) is 33.9. The molecule has 406 valence electrons. The van der Waals surface area contributed by atoms with E-state index in [9.17, 15) is 19.0 Å². The number of quaternary nitrogens is 1. The first kappa shape index (κ1) is 67.5. The predicted octanol–water partition coefficient (Wildman–Crippen LogP) is 16.6. The molecular formula is C60H109N2O7P. The van der Waals surface area contributed by atoms with E-state index in [0.29, 0.717) is 23.9 Å². The van der Waals surface area contributed by atoms with Crippen molar-refractivity contribution in [3.63, 3.8) is 0 Å². The van der Waals surface area contributed by atoms with E-state index in [0.717, 1.165) is 83.5 Å². The number of carbonyl (C=O) groups is 2. The molecule has 0 spiro atoms. The third kappa shape index (κ3) is 50.4. The largest absolute Gasteiger partial charge is 0.756 e. The highest BCUT2D eigenvalue weighted by Gasteiger charge is 2.27. The molecule has 1 N–H and O–H groups in total. The first-order valence-corrected chi connectivity index (χ1v) is 30.2. The highest BCUT2D eigenvalue weighted by molar-refractivity contribution is 7.45. The second kappa shape index (κ2) is 50.0. The van der Waals surface area contributed by atoms with Gasteiger partial charge in [0, 0.05) is 12.8 Å². The van der Waals surface area contributed by atoms with E-state index < -0.39 is 32.5 Å². The van der Waals surface area contributed by atoms with Crippen LogP contribution in [0.4, 0.5) is 0 Å². The number of nitrogens with one attached hydrogen (secondary N) is 1. The molecule has 0 aliphatic rings. The Morgan fingerprint density at radius 3 is 1.36 bits per heavy atom. The van der Waals surface area contributed by atoms with Gasteiger partial charge in [-0.15, -0.1) is 0 Å². The van der Waals surface area contributed by atoms with Gasteiger partial charge >= 0.3 is 5.97 Å². The lowest BCUT2D eigenvalue weighted by Crippen LogP contribution is -2.47. The summed E-state index contributed by atoms with van der Waals surface area (Å²) in [6.07, 6.45) is 63.1. The van der Waals surface area contributed by atoms with Gasteiger partial charge in [-0.2, -0.15) is 0 Å². The zero-order valence-corrected chi connectivity index (χ0v) is 47.1. The van der Waals surface area contributed by atoms with Gasteiger partial charge in [0.2, 0.25) is 5.91 Å². The molecule has 1 amide bonds. The molecular weight excluding hydrogens is 892 g/mol. The summed E-state index contributed by atoms with van der Waals surface area (Å²) in [4.78, 5) is 39.8. The molecule has 3 unspecified atom stereocenters. The van der Waals surface area contributed by atoms with E-state index in [1.165, 1.54) is 116 Å². The van der Waals surface area contributed by atoms with Crippen molar-refractivity contribution in [2.45, 2.75) is 258 Å². The molecule has 0 rings (SSSR count). The van der Waals surface area contributed by atoms with E-state index in [4.69, 9.17) is 13.8 Å². The van der Waals surface area contributed by atoms with Gasteiger partial charge in [-0.05, 0) is 89.5 Å². The summed E-state index contributed by atoms with van der Waals surface area (Å²) in [5, 5.41) is 3.00. The molecule has 0 aliphatic carbocycles. The molecule has 0 fully saturated rings. The number of esters is 1. The van der Waals surface area contributed by atoms with Crippen LogP contribution in [-0.2, 0) is 27.9 Å². The van der Waals surface area contributed by atoms with Crippen LogP contribution in [0.15, 0.2) is 72.9 Å². The molecule has 0 aliphatic heterocycles. The third-order valence-electron chi connectivity index (χ3n) is 12.4. The second-order valence-corrected chi connectivity index (χ2v) is 21.8. The number of unbranched alkanes of at least 4 members (excludes halogenated alkanes) is 25. The Kier molecular flexibility index (Phi) is 48.2. The molecule has 3 atom stereocenters. The molecule has 0 aromatic heterocycles. The van der Waals surface area contributed by atoms with Crippen LogP contribution < -0.4 is 10.2 Å². The number of nitrogens with zero attached hydrogens (tertiary/aromatic N) is 1. The highest BCUT2D eigenvalue weighted by atomic mass is 31.2. The zero-order chi connectivity index (χ0) is 51.5. The number of allylic oxidation sites excluding steroid dienone is 11. The Labute approximate surface area is 432 Å². The first-order valence-electron chi connectivity index (χ1n) is 28.7. The van der Waals surface area contributed by atoms with Gasteiger partial charge in [0.15, 0.2) is 0 Å². The molecule has 0 heterocycles. The van der Waals surface area contributed by atoms with Crippen LogP contribution >= 0.6 is 7.82 Å². The minimum Gasteiger partial charge on any atom is -0.756 e. The van der Waals surface area contributed by atoms with Crippen LogP contribution in [0.2, 0.25) is 0 Å². The van der Waals surface area contributed by atoms with Crippen LogP contribution in [0.1, 0.15) is 245 Å². The SMILES string of the molecule is CCCCC/C=C\C/C=C\C/C=C\CCCCCCCCC(=O)NC(COP(=O)([O-])OCC[N+](C)(C)C)C(/C=C\CCCCCCCCCCCC)OC(=O)CC/C=C/C/C=C\CCCCCCCC. The number of carbonyl (C=O) groups excluding carboxylic acids is 2. The number of ether oxygens (including phenoxy) is 1. The fourth-order valence-electron chi connectivity index (χ4n) is 7.87. The Morgan fingerprint density at radius 1 is 0.500 bits per heavy atom. The van der Waals surface area contributed by atoms with Crippen LogP contribution in [-0.4, -0.2) is 69.4 Å². The highest BCUT2D eigenvalue weighted by Crippen LogP contribution is 2.38. The molecule has 70 heavy (non-hydrogen) atoms. The lowest BCUT2D eigenvalue weighted by Gasteiger charge is -2.30. The molecule has 9 nitrogen and oxygen atoms in total. The number of hydrogen-bond acceptors (Lipinski definition) is 7. The number of phosphoric ester groups is 1. The van der Waals surface area contributed by atoms with E-state index in [2.05, 4.69) is 80.8 Å². The number of likely N-dealkylation sites (N-methyl/N-ethyl adjacent to an activating group) is 1. The van der Waals surface area contributed by atoms with Gasteiger partial charge in [0.05, 0.1) is 33.8 Å². The lowest BCUT2D eigenvalue weighted by atomic mass is 10.0. The van der Waals surface area contributed by atoms with E-state index in [1.54, 1.807) is 6.08 Å².